The Balaban J connectivity index is 2.07. The zero-order valence-electron chi connectivity index (χ0n) is 11.6. The molecule has 1 fully saturated rings. The molecule has 0 amide bonds. The number of carbonyl (C=O) groups is 1. The van der Waals surface area contributed by atoms with Crippen molar-refractivity contribution in [2.24, 2.45) is 0 Å². The molecule has 2 N–H and O–H groups in total. The van der Waals surface area contributed by atoms with E-state index in [9.17, 15) is 9.90 Å². The van der Waals surface area contributed by atoms with E-state index in [0.29, 0.717) is 13.0 Å². The first kappa shape index (κ1) is 14.0. The van der Waals surface area contributed by atoms with Gasteiger partial charge in [0.15, 0.2) is 0 Å². The van der Waals surface area contributed by atoms with Crippen molar-refractivity contribution in [3.63, 3.8) is 0 Å². The van der Waals surface area contributed by atoms with Crippen LogP contribution in [-0.4, -0.2) is 34.2 Å². The number of carboxylic acid groups (broad SMARTS) is 1. The Morgan fingerprint density at radius 1 is 1.42 bits per heavy atom. The van der Waals surface area contributed by atoms with Crippen LogP contribution in [0.1, 0.15) is 32.3 Å². The van der Waals surface area contributed by atoms with Crippen LogP contribution in [0.2, 0.25) is 0 Å². The lowest BCUT2D eigenvalue weighted by Gasteiger charge is -2.31. The van der Waals surface area contributed by atoms with Crippen molar-refractivity contribution < 1.29 is 9.90 Å². The summed E-state index contributed by atoms with van der Waals surface area (Å²) in [5.41, 5.74) is 4.52. The summed E-state index contributed by atoms with van der Waals surface area (Å²) in [6.07, 6.45) is 2.75. The molecule has 1 saturated carbocycles. The van der Waals surface area contributed by atoms with E-state index >= 15 is 0 Å². The van der Waals surface area contributed by atoms with Crippen LogP contribution < -0.4 is 5.43 Å². The van der Waals surface area contributed by atoms with Crippen molar-refractivity contribution in [1.82, 2.24) is 10.4 Å². The molecule has 0 radical (unpaired) electrons. The van der Waals surface area contributed by atoms with Crippen molar-refractivity contribution >= 4 is 5.97 Å². The highest BCUT2D eigenvalue weighted by Crippen LogP contribution is 2.35. The van der Waals surface area contributed by atoms with Gasteiger partial charge in [0, 0.05) is 12.1 Å². The maximum Gasteiger partial charge on any atom is 0.322 e. The fourth-order valence-corrected chi connectivity index (χ4v) is 2.19. The molecule has 1 aliphatic carbocycles. The number of aliphatic carboxylic acids is 1. The highest BCUT2D eigenvalue weighted by atomic mass is 16.4. The lowest BCUT2D eigenvalue weighted by atomic mass is 10.1. The minimum absolute atomic E-state index is 0.0976. The Bertz CT molecular complexity index is 429. The Morgan fingerprint density at radius 2 is 2.05 bits per heavy atom. The largest absolute Gasteiger partial charge is 0.480 e. The second-order valence-corrected chi connectivity index (χ2v) is 5.50. The van der Waals surface area contributed by atoms with Gasteiger partial charge in [-0.3, -0.25) is 4.79 Å². The highest BCUT2D eigenvalue weighted by Gasteiger charge is 2.40. The third-order valence-corrected chi connectivity index (χ3v) is 3.69. The minimum atomic E-state index is -0.776. The van der Waals surface area contributed by atoms with Crippen LogP contribution in [0, 0.1) is 0 Å². The molecule has 1 aromatic rings. The van der Waals surface area contributed by atoms with Crippen LogP contribution in [0.3, 0.4) is 0 Å². The molecule has 1 unspecified atom stereocenters. The predicted octanol–water partition coefficient (Wildman–Crippen LogP) is 2.06. The van der Waals surface area contributed by atoms with E-state index in [1.165, 1.54) is 0 Å². The first-order chi connectivity index (χ1) is 9.04. The number of likely N-dealkylation sites (N-methyl/N-ethyl adjacent to an activating group) is 1. The molecule has 0 aliphatic heterocycles. The van der Waals surface area contributed by atoms with E-state index in [4.69, 9.17) is 0 Å². The molecule has 2 rings (SSSR count). The summed E-state index contributed by atoms with van der Waals surface area (Å²) in [4.78, 5) is 11.5. The monoisotopic (exact) mass is 262 g/mol. The molecule has 0 heterocycles. The van der Waals surface area contributed by atoms with Crippen LogP contribution in [0.5, 0.6) is 0 Å². The summed E-state index contributed by atoms with van der Waals surface area (Å²) in [6, 6.07) is 9.26. The third-order valence-electron chi connectivity index (χ3n) is 3.69. The number of hydrogen-bond donors (Lipinski definition) is 2. The number of benzene rings is 1. The van der Waals surface area contributed by atoms with Crippen LogP contribution >= 0.6 is 0 Å². The van der Waals surface area contributed by atoms with Gasteiger partial charge in [-0.1, -0.05) is 37.3 Å². The predicted molar refractivity (Wildman–Crippen MR) is 74.7 cm³/mol. The molecule has 0 saturated heterocycles. The van der Waals surface area contributed by atoms with E-state index in [-0.39, 0.29) is 5.54 Å². The first-order valence-electron chi connectivity index (χ1n) is 6.85. The lowest BCUT2D eigenvalue weighted by molar-refractivity contribution is -0.145. The summed E-state index contributed by atoms with van der Waals surface area (Å²) in [7, 11) is 0. The van der Waals surface area contributed by atoms with E-state index < -0.39 is 12.0 Å². The standard InChI is InChI=1S/C15H22N2O2/c1-3-17(16-15(2)9-10-15)13(14(18)19)11-12-7-5-4-6-8-12/h4-8,13,16H,3,9-11H2,1-2H3,(H,18,19). The molecule has 1 aliphatic rings. The normalized spacial score (nSPS) is 18.3. The summed E-state index contributed by atoms with van der Waals surface area (Å²) in [6.45, 7) is 4.80. The van der Waals surface area contributed by atoms with E-state index in [1.807, 2.05) is 42.3 Å². The summed E-state index contributed by atoms with van der Waals surface area (Å²) >= 11 is 0. The summed E-state index contributed by atoms with van der Waals surface area (Å²) in [5.74, 6) is -0.776. The molecular formula is C15H22N2O2. The van der Waals surface area contributed by atoms with Gasteiger partial charge in [0.05, 0.1) is 0 Å². The van der Waals surface area contributed by atoms with Gasteiger partial charge in [-0.2, -0.15) is 0 Å². The van der Waals surface area contributed by atoms with Crippen molar-refractivity contribution in [2.75, 3.05) is 6.54 Å². The average Bonchev–Trinajstić information content (AvgIpc) is 3.12. The van der Waals surface area contributed by atoms with Gasteiger partial charge >= 0.3 is 5.97 Å². The van der Waals surface area contributed by atoms with Gasteiger partial charge in [0.1, 0.15) is 6.04 Å². The second-order valence-electron chi connectivity index (χ2n) is 5.50. The Morgan fingerprint density at radius 3 is 2.53 bits per heavy atom. The Kier molecular flexibility index (Phi) is 4.22. The number of nitrogens with zero attached hydrogens (tertiary/aromatic N) is 1. The molecule has 4 nitrogen and oxygen atoms in total. The zero-order valence-corrected chi connectivity index (χ0v) is 11.6. The van der Waals surface area contributed by atoms with Gasteiger partial charge in [-0.25, -0.2) is 10.4 Å². The van der Waals surface area contributed by atoms with Gasteiger partial charge in [-0.05, 0) is 31.7 Å². The van der Waals surface area contributed by atoms with E-state index in [0.717, 1.165) is 18.4 Å². The quantitative estimate of drug-likeness (QED) is 0.739. The lowest BCUT2D eigenvalue weighted by Crippen LogP contribution is -2.54. The third kappa shape index (κ3) is 3.78. The summed E-state index contributed by atoms with van der Waals surface area (Å²) < 4.78 is 0. The van der Waals surface area contributed by atoms with Crippen LogP contribution in [0.4, 0.5) is 0 Å². The van der Waals surface area contributed by atoms with Gasteiger partial charge in [0.25, 0.3) is 0 Å². The zero-order chi connectivity index (χ0) is 13.9. The smallest absolute Gasteiger partial charge is 0.322 e. The number of hydrazine groups is 1. The molecule has 0 bridgehead atoms. The molecule has 4 heteroatoms. The van der Waals surface area contributed by atoms with Crippen molar-refractivity contribution in [3.05, 3.63) is 35.9 Å². The number of carboxylic acids is 1. The van der Waals surface area contributed by atoms with E-state index in [2.05, 4.69) is 12.3 Å². The van der Waals surface area contributed by atoms with Crippen molar-refractivity contribution in [1.29, 1.82) is 0 Å². The SMILES string of the molecule is CCN(NC1(C)CC1)C(Cc1ccccc1)C(=O)O. The van der Waals surface area contributed by atoms with Gasteiger partial charge in [-0.15, -0.1) is 0 Å². The van der Waals surface area contributed by atoms with Crippen LogP contribution in [0.25, 0.3) is 0 Å². The van der Waals surface area contributed by atoms with Crippen LogP contribution in [0.15, 0.2) is 30.3 Å². The minimum Gasteiger partial charge on any atom is -0.480 e. The number of nitrogens with one attached hydrogen (secondary N) is 1. The molecule has 19 heavy (non-hydrogen) atoms. The second kappa shape index (κ2) is 5.72. The Hall–Kier alpha value is -1.39. The highest BCUT2D eigenvalue weighted by molar-refractivity contribution is 5.73. The number of hydrogen-bond acceptors (Lipinski definition) is 3. The van der Waals surface area contributed by atoms with Crippen LogP contribution in [-0.2, 0) is 11.2 Å². The maximum absolute atomic E-state index is 11.5. The molecular weight excluding hydrogens is 240 g/mol. The fraction of sp³-hybridized carbons (Fsp3) is 0.533. The van der Waals surface area contributed by atoms with E-state index in [1.54, 1.807) is 0 Å². The van der Waals surface area contributed by atoms with Gasteiger partial charge in [0.2, 0.25) is 0 Å². The van der Waals surface area contributed by atoms with Crippen molar-refractivity contribution in [2.45, 2.75) is 44.7 Å². The Labute approximate surface area is 114 Å². The maximum atomic E-state index is 11.5. The summed E-state index contributed by atoms with van der Waals surface area (Å²) in [5, 5.41) is 11.3. The molecule has 0 aromatic heterocycles. The van der Waals surface area contributed by atoms with Gasteiger partial charge < -0.3 is 5.11 Å². The first-order valence-corrected chi connectivity index (χ1v) is 6.85. The molecule has 0 spiro atoms. The number of rotatable bonds is 7. The molecule has 104 valence electrons. The topological polar surface area (TPSA) is 52.6 Å². The average molecular weight is 262 g/mol. The molecule has 1 aromatic carbocycles. The van der Waals surface area contributed by atoms with Crippen molar-refractivity contribution in [3.8, 4) is 0 Å². The fourth-order valence-electron chi connectivity index (χ4n) is 2.19. The molecule has 1 atom stereocenters.